The summed E-state index contributed by atoms with van der Waals surface area (Å²) < 4.78 is 3.27. The molecule has 3 aromatic heterocycles. The number of aliphatic hydroxyl groups is 1. The molecule has 0 unspecified atom stereocenters. The van der Waals surface area contributed by atoms with Crippen molar-refractivity contribution in [3.05, 3.63) is 40.4 Å². The van der Waals surface area contributed by atoms with E-state index >= 15 is 0 Å². The van der Waals surface area contributed by atoms with E-state index < -0.39 is 5.60 Å². The van der Waals surface area contributed by atoms with Gasteiger partial charge >= 0.3 is 0 Å². The first-order valence-corrected chi connectivity index (χ1v) is 8.12. The summed E-state index contributed by atoms with van der Waals surface area (Å²) >= 11 is 0. The number of nitrogens with zero attached hydrogens (tertiary/aromatic N) is 5. The second-order valence-electron chi connectivity index (χ2n) is 6.68. The van der Waals surface area contributed by atoms with E-state index in [0.717, 1.165) is 0 Å². The summed E-state index contributed by atoms with van der Waals surface area (Å²) in [6.45, 7) is 7.18. The van der Waals surface area contributed by atoms with Gasteiger partial charge in [0.25, 0.3) is 5.56 Å². The lowest BCUT2D eigenvalue weighted by molar-refractivity contribution is 0.0738. The molecule has 0 aliphatic heterocycles. The van der Waals surface area contributed by atoms with Gasteiger partial charge in [-0.2, -0.15) is 4.98 Å². The average Bonchev–Trinajstić information content (AvgIpc) is 2.86. The van der Waals surface area contributed by atoms with E-state index in [-0.39, 0.29) is 11.6 Å². The van der Waals surface area contributed by atoms with Gasteiger partial charge in [0.2, 0.25) is 5.95 Å². The standard InChI is InChI=1S/C17H22N6O2/c1-10(2)22-15(24)11-9-19-16(18-5)21-14(11)23(22)13-8-6-7-12(20-13)17(3,4)25/h6-10,25H,1-5H3,(H,18,19,21). The first-order chi connectivity index (χ1) is 11.7. The molecule has 0 radical (unpaired) electrons. The number of hydrogen-bond acceptors (Lipinski definition) is 6. The second kappa shape index (κ2) is 5.96. The highest BCUT2D eigenvalue weighted by molar-refractivity contribution is 5.76. The van der Waals surface area contributed by atoms with Crippen molar-refractivity contribution in [2.24, 2.45) is 0 Å². The summed E-state index contributed by atoms with van der Waals surface area (Å²) in [4.78, 5) is 25.9. The monoisotopic (exact) mass is 342 g/mol. The van der Waals surface area contributed by atoms with E-state index in [2.05, 4.69) is 20.3 Å². The molecule has 25 heavy (non-hydrogen) atoms. The zero-order valence-corrected chi connectivity index (χ0v) is 15.0. The lowest BCUT2D eigenvalue weighted by Crippen LogP contribution is -2.25. The largest absolute Gasteiger partial charge is 0.384 e. The minimum atomic E-state index is -1.09. The van der Waals surface area contributed by atoms with Crippen molar-refractivity contribution in [2.45, 2.75) is 39.3 Å². The number of anilines is 1. The molecule has 0 aromatic carbocycles. The first kappa shape index (κ1) is 17.1. The average molecular weight is 342 g/mol. The first-order valence-electron chi connectivity index (χ1n) is 8.12. The van der Waals surface area contributed by atoms with Crippen LogP contribution < -0.4 is 10.9 Å². The molecule has 0 atom stereocenters. The van der Waals surface area contributed by atoms with Crippen molar-refractivity contribution in [2.75, 3.05) is 12.4 Å². The van der Waals surface area contributed by atoms with Crippen LogP contribution in [0.15, 0.2) is 29.2 Å². The minimum absolute atomic E-state index is 0.104. The van der Waals surface area contributed by atoms with E-state index in [1.165, 1.54) is 6.20 Å². The SMILES string of the molecule is CNc1ncc2c(=O)n(C(C)C)n(-c3cccc(C(C)(C)O)n3)c2n1. The summed E-state index contributed by atoms with van der Waals surface area (Å²) in [7, 11) is 1.72. The predicted octanol–water partition coefficient (Wildman–Crippen LogP) is 1.83. The van der Waals surface area contributed by atoms with Crippen LogP contribution in [0.5, 0.6) is 0 Å². The van der Waals surface area contributed by atoms with Gasteiger partial charge in [0, 0.05) is 19.3 Å². The van der Waals surface area contributed by atoms with Crippen molar-refractivity contribution < 1.29 is 5.11 Å². The zero-order chi connectivity index (χ0) is 18.4. The van der Waals surface area contributed by atoms with Gasteiger partial charge in [0.15, 0.2) is 11.5 Å². The highest BCUT2D eigenvalue weighted by atomic mass is 16.3. The number of hydrogen-bond donors (Lipinski definition) is 2. The lowest BCUT2D eigenvalue weighted by atomic mass is 10.1. The molecule has 0 fully saturated rings. The minimum Gasteiger partial charge on any atom is -0.384 e. The molecule has 8 heteroatoms. The Balaban J connectivity index is 2.38. The fourth-order valence-electron chi connectivity index (χ4n) is 2.69. The zero-order valence-electron chi connectivity index (χ0n) is 15.0. The molecule has 0 aliphatic rings. The Bertz CT molecular complexity index is 981. The van der Waals surface area contributed by atoms with Crippen molar-refractivity contribution in [1.29, 1.82) is 0 Å². The smallest absolute Gasteiger partial charge is 0.278 e. The molecule has 0 bridgehead atoms. The second-order valence-corrected chi connectivity index (χ2v) is 6.68. The number of nitrogens with one attached hydrogen (secondary N) is 1. The Morgan fingerprint density at radius 3 is 2.56 bits per heavy atom. The number of rotatable bonds is 4. The number of aromatic nitrogens is 5. The van der Waals surface area contributed by atoms with E-state index in [0.29, 0.717) is 28.5 Å². The maximum atomic E-state index is 12.8. The Morgan fingerprint density at radius 1 is 1.24 bits per heavy atom. The van der Waals surface area contributed by atoms with Gasteiger partial charge in [-0.3, -0.25) is 4.79 Å². The van der Waals surface area contributed by atoms with Gasteiger partial charge in [-0.1, -0.05) is 6.07 Å². The van der Waals surface area contributed by atoms with Crippen LogP contribution in [0.1, 0.15) is 39.4 Å². The van der Waals surface area contributed by atoms with Crippen LogP contribution in [0.3, 0.4) is 0 Å². The fraction of sp³-hybridized carbons (Fsp3) is 0.412. The Hall–Kier alpha value is -2.74. The van der Waals surface area contributed by atoms with Crippen LogP contribution in [0, 0.1) is 0 Å². The van der Waals surface area contributed by atoms with Gasteiger partial charge in [-0.15, -0.1) is 0 Å². The van der Waals surface area contributed by atoms with Crippen LogP contribution >= 0.6 is 0 Å². The van der Waals surface area contributed by atoms with Crippen molar-refractivity contribution in [1.82, 2.24) is 24.3 Å². The molecule has 0 saturated heterocycles. The van der Waals surface area contributed by atoms with E-state index in [1.54, 1.807) is 48.5 Å². The molecule has 3 heterocycles. The van der Waals surface area contributed by atoms with Crippen LogP contribution in [0.4, 0.5) is 5.95 Å². The van der Waals surface area contributed by atoms with Crippen LogP contribution in [0.25, 0.3) is 16.9 Å². The quantitative estimate of drug-likeness (QED) is 0.751. The molecule has 0 saturated carbocycles. The molecular weight excluding hydrogens is 320 g/mol. The summed E-state index contributed by atoms with van der Waals surface area (Å²) in [6.07, 6.45) is 1.52. The third-order valence-corrected chi connectivity index (χ3v) is 3.91. The molecule has 3 rings (SSSR count). The van der Waals surface area contributed by atoms with Gasteiger partial charge in [0.05, 0.1) is 5.69 Å². The summed E-state index contributed by atoms with van der Waals surface area (Å²) in [5, 5.41) is 13.6. The van der Waals surface area contributed by atoms with Crippen LogP contribution in [0.2, 0.25) is 0 Å². The highest BCUT2D eigenvalue weighted by Crippen LogP contribution is 2.22. The summed E-state index contributed by atoms with van der Waals surface area (Å²) in [5.41, 5.74) is -0.286. The third-order valence-electron chi connectivity index (χ3n) is 3.91. The number of pyridine rings is 1. The Kier molecular flexibility index (Phi) is 4.08. The van der Waals surface area contributed by atoms with E-state index in [4.69, 9.17) is 0 Å². The molecule has 0 amide bonds. The Morgan fingerprint density at radius 2 is 1.96 bits per heavy atom. The van der Waals surface area contributed by atoms with Gasteiger partial charge in [-0.05, 0) is 39.8 Å². The van der Waals surface area contributed by atoms with Gasteiger partial charge in [-0.25, -0.2) is 19.3 Å². The van der Waals surface area contributed by atoms with Crippen LogP contribution in [-0.4, -0.2) is 36.5 Å². The van der Waals surface area contributed by atoms with Gasteiger partial charge < -0.3 is 10.4 Å². The highest BCUT2D eigenvalue weighted by Gasteiger charge is 2.22. The lowest BCUT2D eigenvalue weighted by Gasteiger charge is -2.19. The molecule has 2 N–H and O–H groups in total. The molecule has 3 aromatic rings. The predicted molar refractivity (Wildman–Crippen MR) is 96.1 cm³/mol. The van der Waals surface area contributed by atoms with Gasteiger partial charge in [0.1, 0.15) is 11.0 Å². The maximum Gasteiger partial charge on any atom is 0.278 e. The van der Waals surface area contributed by atoms with E-state index in [9.17, 15) is 9.90 Å². The fourth-order valence-corrected chi connectivity index (χ4v) is 2.69. The Labute approximate surface area is 145 Å². The molecule has 8 nitrogen and oxygen atoms in total. The van der Waals surface area contributed by atoms with Crippen molar-refractivity contribution in [3.8, 4) is 5.82 Å². The molecule has 0 spiro atoms. The summed E-state index contributed by atoms with van der Waals surface area (Å²) in [5.74, 6) is 0.932. The maximum absolute atomic E-state index is 12.8. The van der Waals surface area contributed by atoms with Crippen LogP contribution in [-0.2, 0) is 5.60 Å². The van der Waals surface area contributed by atoms with Crippen molar-refractivity contribution in [3.63, 3.8) is 0 Å². The number of fused-ring (bicyclic) bond motifs is 1. The topological polar surface area (TPSA) is 97.9 Å². The summed E-state index contributed by atoms with van der Waals surface area (Å²) in [6, 6.07) is 5.23. The molecule has 0 aliphatic carbocycles. The third kappa shape index (κ3) is 2.89. The van der Waals surface area contributed by atoms with E-state index in [1.807, 2.05) is 13.8 Å². The van der Waals surface area contributed by atoms with Crippen molar-refractivity contribution >= 4 is 17.0 Å². The molecule has 132 valence electrons. The molecular formula is C17H22N6O2. The normalized spacial score (nSPS) is 12.1.